The molecule has 0 fully saturated rings. The van der Waals surface area contributed by atoms with Crippen LogP contribution in [0.25, 0.3) is 0 Å². The number of aliphatic hydroxyl groups excluding tert-OH is 1. The fourth-order valence-corrected chi connectivity index (χ4v) is 0.377. The number of carbonyl (C=O) groups excluding carboxylic acids is 1. The molecule has 0 aliphatic heterocycles. The van der Waals surface area contributed by atoms with Crippen LogP contribution in [-0.4, -0.2) is 22.7 Å². The lowest BCUT2D eigenvalue weighted by Crippen LogP contribution is -2.24. The van der Waals surface area contributed by atoms with Crippen LogP contribution in [0, 0.1) is 0 Å². The van der Waals surface area contributed by atoms with E-state index < -0.39 is 17.6 Å². The second-order valence-corrected chi connectivity index (χ2v) is 2.71. The first kappa shape index (κ1) is 10.5. The van der Waals surface area contributed by atoms with Crippen LogP contribution in [-0.2, 0) is 9.53 Å². The zero-order valence-corrected chi connectivity index (χ0v) is 7.26. The van der Waals surface area contributed by atoms with Crippen molar-refractivity contribution in [3.8, 4) is 0 Å². The summed E-state index contributed by atoms with van der Waals surface area (Å²) in [5.74, 6) is -0.544. The minimum Gasteiger partial charge on any atom is -0.455 e. The molecule has 3 nitrogen and oxygen atoms in total. The summed E-state index contributed by atoms with van der Waals surface area (Å²) in [4.78, 5) is 10.8. The van der Waals surface area contributed by atoms with Crippen molar-refractivity contribution in [2.45, 2.75) is 25.5 Å². The summed E-state index contributed by atoms with van der Waals surface area (Å²) < 4.78 is 4.65. The van der Waals surface area contributed by atoms with Gasteiger partial charge in [-0.15, -0.1) is 0 Å². The topological polar surface area (TPSA) is 46.5 Å². The number of ether oxygens (including phenoxy) is 1. The van der Waals surface area contributed by atoms with E-state index in [1.807, 2.05) is 0 Å². The molecule has 0 aromatic heterocycles. The van der Waals surface area contributed by atoms with Crippen molar-refractivity contribution in [2.75, 3.05) is 0 Å². The van der Waals surface area contributed by atoms with Crippen molar-refractivity contribution in [3.05, 3.63) is 12.2 Å². The van der Waals surface area contributed by atoms with Gasteiger partial charge in [0.2, 0.25) is 0 Å². The van der Waals surface area contributed by atoms with E-state index in [0.29, 0.717) is 0 Å². The van der Waals surface area contributed by atoms with Gasteiger partial charge in [-0.05, 0) is 13.8 Å². The highest BCUT2D eigenvalue weighted by atomic mass is 35.5. The first-order chi connectivity index (χ1) is 4.95. The van der Waals surface area contributed by atoms with Crippen molar-refractivity contribution in [3.63, 3.8) is 0 Å². The van der Waals surface area contributed by atoms with E-state index in [1.165, 1.54) is 13.8 Å². The highest BCUT2D eigenvalue weighted by Crippen LogP contribution is 2.05. The predicted octanol–water partition coefficient (Wildman–Crippen LogP) is 1.05. The van der Waals surface area contributed by atoms with Gasteiger partial charge in [0, 0.05) is 5.57 Å². The molecule has 0 bridgehead atoms. The molecule has 0 aromatic carbocycles. The van der Waals surface area contributed by atoms with Gasteiger partial charge in [0.1, 0.15) is 6.10 Å². The van der Waals surface area contributed by atoms with E-state index in [4.69, 9.17) is 16.7 Å². The molecule has 0 aromatic rings. The number of aliphatic hydroxyl groups is 1. The van der Waals surface area contributed by atoms with Gasteiger partial charge in [0.25, 0.3) is 0 Å². The molecule has 2 unspecified atom stereocenters. The van der Waals surface area contributed by atoms with Crippen LogP contribution >= 0.6 is 11.6 Å². The fraction of sp³-hybridized carbons (Fsp3) is 0.571. The maximum absolute atomic E-state index is 10.8. The Bertz CT molecular complexity index is 165. The molecule has 1 N–H and O–H groups in total. The lowest BCUT2D eigenvalue weighted by atomic mass is 10.3. The average molecular weight is 179 g/mol. The summed E-state index contributed by atoms with van der Waals surface area (Å²) in [7, 11) is 0. The number of esters is 1. The molecule has 11 heavy (non-hydrogen) atoms. The van der Waals surface area contributed by atoms with Crippen LogP contribution in [0.5, 0.6) is 0 Å². The zero-order valence-electron chi connectivity index (χ0n) is 6.50. The van der Waals surface area contributed by atoms with Crippen LogP contribution in [0.3, 0.4) is 0 Å². The Morgan fingerprint density at radius 2 is 2.18 bits per heavy atom. The van der Waals surface area contributed by atoms with Gasteiger partial charge in [0.15, 0.2) is 5.56 Å². The second kappa shape index (κ2) is 4.36. The van der Waals surface area contributed by atoms with Gasteiger partial charge in [-0.2, -0.15) is 0 Å². The average Bonchev–Trinajstić information content (AvgIpc) is 1.87. The maximum Gasteiger partial charge on any atom is 0.333 e. The molecule has 4 heteroatoms. The van der Waals surface area contributed by atoms with E-state index in [0.717, 1.165) is 0 Å². The Balaban J connectivity index is 3.85. The molecule has 2 atom stereocenters. The number of carbonyl (C=O) groups is 1. The standard InChI is InChI=1S/C7H11ClO3/c1-4(2)7(10)11-5(3)6(8)9/h5-6,9H,1H2,2-3H3. The SMILES string of the molecule is C=C(C)C(=O)OC(C)C(O)Cl. The van der Waals surface area contributed by atoms with Crippen LogP contribution < -0.4 is 0 Å². The molecule has 0 saturated carbocycles. The van der Waals surface area contributed by atoms with Gasteiger partial charge < -0.3 is 9.84 Å². The maximum atomic E-state index is 10.8. The first-order valence-corrected chi connectivity index (χ1v) is 3.57. The lowest BCUT2D eigenvalue weighted by Gasteiger charge is -2.13. The molecule has 0 amide bonds. The fourth-order valence-electron chi connectivity index (χ4n) is 0.326. The molecule has 0 aliphatic carbocycles. The zero-order chi connectivity index (χ0) is 9.02. The van der Waals surface area contributed by atoms with Gasteiger partial charge in [-0.3, -0.25) is 0 Å². The molecular formula is C7H11ClO3. The summed E-state index contributed by atoms with van der Waals surface area (Å²) in [6.07, 6.45) is -0.708. The van der Waals surface area contributed by atoms with Crippen LogP contribution in [0.1, 0.15) is 13.8 Å². The number of alkyl halides is 1. The van der Waals surface area contributed by atoms with Gasteiger partial charge in [0.05, 0.1) is 0 Å². The third-order valence-corrected chi connectivity index (χ3v) is 1.38. The predicted molar refractivity (Wildman–Crippen MR) is 42.2 cm³/mol. The molecular weight excluding hydrogens is 168 g/mol. The molecule has 0 spiro atoms. The number of hydrogen-bond donors (Lipinski definition) is 1. The summed E-state index contributed by atoms with van der Waals surface area (Å²) in [6, 6.07) is 0. The Labute approximate surface area is 70.6 Å². The van der Waals surface area contributed by atoms with E-state index in [9.17, 15) is 4.79 Å². The smallest absolute Gasteiger partial charge is 0.333 e. The Kier molecular flexibility index (Phi) is 4.15. The molecule has 0 radical (unpaired) electrons. The van der Waals surface area contributed by atoms with Crippen LogP contribution in [0.15, 0.2) is 12.2 Å². The number of rotatable bonds is 3. The molecule has 0 heterocycles. The van der Waals surface area contributed by atoms with Crippen molar-refractivity contribution in [1.82, 2.24) is 0 Å². The lowest BCUT2D eigenvalue weighted by molar-refractivity contribution is -0.146. The second-order valence-electron chi connectivity index (χ2n) is 2.26. The normalized spacial score (nSPS) is 15.3. The highest BCUT2D eigenvalue weighted by Gasteiger charge is 2.15. The minimum absolute atomic E-state index is 0.286. The molecule has 64 valence electrons. The largest absolute Gasteiger partial charge is 0.455 e. The van der Waals surface area contributed by atoms with Crippen LogP contribution in [0.2, 0.25) is 0 Å². The minimum atomic E-state index is -1.17. The highest BCUT2D eigenvalue weighted by molar-refractivity contribution is 6.19. The van der Waals surface area contributed by atoms with Crippen molar-refractivity contribution in [1.29, 1.82) is 0 Å². The van der Waals surface area contributed by atoms with Crippen molar-refractivity contribution < 1.29 is 14.6 Å². The molecule has 0 rings (SSSR count). The van der Waals surface area contributed by atoms with E-state index >= 15 is 0 Å². The monoisotopic (exact) mass is 178 g/mol. The van der Waals surface area contributed by atoms with E-state index in [-0.39, 0.29) is 5.57 Å². The van der Waals surface area contributed by atoms with E-state index in [1.54, 1.807) is 0 Å². The summed E-state index contributed by atoms with van der Waals surface area (Å²) in [5.41, 5.74) is -0.882. The molecule has 0 saturated heterocycles. The van der Waals surface area contributed by atoms with Crippen LogP contribution in [0.4, 0.5) is 0 Å². The third-order valence-electron chi connectivity index (χ3n) is 1.03. The first-order valence-electron chi connectivity index (χ1n) is 3.13. The number of hydrogen-bond acceptors (Lipinski definition) is 3. The summed E-state index contributed by atoms with van der Waals surface area (Å²) in [5, 5.41) is 8.71. The Morgan fingerprint density at radius 3 is 2.45 bits per heavy atom. The third kappa shape index (κ3) is 4.01. The van der Waals surface area contributed by atoms with Gasteiger partial charge in [-0.25, -0.2) is 4.79 Å². The van der Waals surface area contributed by atoms with E-state index in [2.05, 4.69) is 11.3 Å². The Morgan fingerprint density at radius 1 is 1.73 bits per heavy atom. The molecule has 0 aliphatic rings. The summed E-state index contributed by atoms with van der Waals surface area (Å²) in [6.45, 7) is 6.39. The number of halogens is 1. The van der Waals surface area contributed by atoms with Gasteiger partial charge in [-0.1, -0.05) is 18.2 Å². The van der Waals surface area contributed by atoms with Crippen molar-refractivity contribution >= 4 is 17.6 Å². The van der Waals surface area contributed by atoms with Gasteiger partial charge >= 0.3 is 5.97 Å². The quantitative estimate of drug-likeness (QED) is 0.399. The van der Waals surface area contributed by atoms with Crippen molar-refractivity contribution in [2.24, 2.45) is 0 Å². The Hall–Kier alpha value is -0.540. The summed E-state index contributed by atoms with van der Waals surface area (Å²) >= 11 is 5.23.